The summed E-state index contributed by atoms with van der Waals surface area (Å²) in [6.45, 7) is 11.4. The first-order valence-electron chi connectivity index (χ1n) is 4.07. The largest absolute Gasteiger partial charge is 0.325 e. The molecule has 13 heavy (non-hydrogen) atoms. The van der Waals surface area contributed by atoms with Crippen molar-refractivity contribution in [3.8, 4) is 0 Å². The van der Waals surface area contributed by atoms with E-state index in [2.05, 4.69) is 24.8 Å². The molecule has 0 saturated carbocycles. The van der Waals surface area contributed by atoms with Crippen molar-refractivity contribution in [1.29, 1.82) is 0 Å². The summed E-state index contributed by atoms with van der Waals surface area (Å²) in [5, 5.41) is 0. The minimum atomic E-state index is 0. The molecule has 0 saturated heterocycles. The minimum Gasteiger partial charge on any atom is -0.325 e. The molecule has 1 aromatic carbocycles. The average Bonchev–Trinajstić information content (AvgIpc) is 2.06. The van der Waals surface area contributed by atoms with Crippen molar-refractivity contribution in [1.82, 2.24) is 0 Å². The van der Waals surface area contributed by atoms with Crippen LogP contribution in [0.3, 0.4) is 0 Å². The van der Waals surface area contributed by atoms with Crippen LogP contribution in [0, 0.1) is 12.6 Å². The number of hydrogen-bond acceptors (Lipinski definition) is 0. The van der Waals surface area contributed by atoms with Crippen LogP contribution >= 0.6 is 0 Å². The van der Waals surface area contributed by atoms with E-state index in [1.807, 2.05) is 18.2 Å². The molecule has 0 atom stereocenters. The summed E-state index contributed by atoms with van der Waals surface area (Å²) in [5.74, 6) is 0.520. The molecule has 0 aliphatic rings. The third-order valence-corrected chi connectivity index (χ3v) is 1.78. The summed E-state index contributed by atoms with van der Waals surface area (Å²) in [7, 11) is 0. The van der Waals surface area contributed by atoms with E-state index in [1.54, 1.807) is 0 Å². The van der Waals surface area contributed by atoms with E-state index in [9.17, 15) is 0 Å². The number of benzene rings is 1. The van der Waals surface area contributed by atoms with Gasteiger partial charge >= 0.3 is 0 Å². The fraction of sp³-hybridized carbons (Fsp3) is 0.364. The van der Waals surface area contributed by atoms with Gasteiger partial charge in [0.05, 0.1) is 0 Å². The van der Waals surface area contributed by atoms with Gasteiger partial charge in [-0.25, -0.2) is 6.57 Å². The Morgan fingerprint density at radius 3 is 2.54 bits per heavy atom. The average molecular weight is 247 g/mol. The molecule has 1 radical (unpaired) electrons. The van der Waals surface area contributed by atoms with Crippen molar-refractivity contribution >= 4 is 0 Å². The van der Waals surface area contributed by atoms with Crippen LogP contribution in [-0.2, 0) is 39.3 Å². The van der Waals surface area contributed by atoms with Crippen LogP contribution in [0.2, 0.25) is 0 Å². The zero-order chi connectivity index (χ0) is 8.97. The molecule has 1 aromatic rings. The SMILES string of the molecule is [C-]#[N+]Cc1c[c-]c(C(C)C)cc1.[Y]. The molecule has 2 heteroatoms. The van der Waals surface area contributed by atoms with Crippen molar-refractivity contribution in [2.24, 2.45) is 0 Å². The Morgan fingerprint density at radius 2 is 2.15 bits per heavy atom. The van der Waals surface area contributed by atoms with Gasteiger partial charge in [-0.15, -0.1) is 0 Å². The zero-order valence-corrected chi connectivity index (χ0v) is 10.9. The van der Waals surface area contributed by atoms with E-state index in [0.29, 0.717) is 12.5 Å². The Hall–Kier alpha value is -0.186. The smallest absolute Gasteiger partial charge is 0.199 e. The van der Waals surface area contributed by atoms with Crippen molar-refractivity contribution in [2.75, 3.05) is 0 Å². The molecule has 0 N–H and O–H groups in total. The zero-order valence-electron chi connectivity index (χ0n) is 8.04. The Bertz CT molecular complexity index is 282. The van der Waals surface area contributed by atoms with Gasteiger partial charge in [0.15, 0.2) is 6.54 Å². The molecule has 0 aromatic heterocycles. The fourth-order valence-electron chi connectivity index (χ4n) is 1.02. The summed E-state index contributed by atoms with van der Waals surface area (Å²) in [6.07, 6.45) is 0. The molecule has 65 valence electrons. The van der Waals surface area contributed by atoms with Gasteiger partial charge in [0.1, 0.15) is 0 Å². The molecule has 1 nitrogen and oxygen atoms in total. The second-order valence-corrected chi connectivity index (χ2v) is 3.12. The first-order valence-corrected chi connectivity index (χ1v) is 4.07. The Balaban J connectivity index is 0.00000144. The molecular formula is C11H12NY-. The number of nitrogens with zero attached hydrogens (tertiary/aromatic N) is 1. The third kappa shape index (κ3) is 4.02. The van der Waals surface area contributed by atoms with E-state index < -0.39 is 0 Å². The van der Waals surface area contributed by atoms with Crippen molar-refractivity contribution < 1.29 is 32.7 Å². The molecule has 0 aliphatic heterocycles. The monoisotopic (exact) mass is 247 g/mol. The summed E-state index contributed by atoms with van der Waals surface area (Å²) < 4.78 is 0. The summed E-state index contributed by atoms with van der Waals surface area (Å²) >= 11 is 0. The maximum Gasteiger partial charge on any atom is 0.199 e. The first-order chi connectivity index (χ1) is 5.74. The predicted molar refractivity (Wildman–Crippen MR) is 49.7 cm³/mol. The van der Waals surface area contributed by atoms with E-state index in [1.165, 1.54) is 5.56 Å². The molecule has 0 spiro atoms. The first kappa shape index (κ1) is 12.8. The van der Waals surface area contributed by atoms with E-state index >= 15 is 0 Å². The quantitative estimate of drug-likeness (QED) is 0.707. The minimum absolute atomic E-state index is 0. The second-order valence-electron chi connectivity index (χ2n) is 3.12. The molecule has 0 aliphatic carbocycles. The van der Waals surface area contributed by atoms with Crippen LogP contribution in [0.4, 0.5) is 0 Å². The van der Waals surface area contributed by atoms with Crippen LogP contribution in [0.1, 0.15) is 30.9 Å². The fourth-order valence-corrected chi connectivity index (χ4v) is 1.02. The van der Waals surface area contributed by atoms with E-state index in [0.717, 1.165) is 5.56 Å². The third-order valence-electron chi connectivity index (χ3n) is 1.78. The van der Waals surface area contributed by atoms with Gasteiger partial charge in [-0.1, -0.05) is 19.4 Å². The van der Waals surface area contributed by atoms with Crippen LogP contribution < -0.4 is 0 Å². The van der Waals surface area contributed by atoms with Gasteiger partial charge in [0, 0.05) is 32.7 Å². The standard InChI is InChI=1S/C11H12N.Y/c1-9(2)11-6-4-10(5-7-11)8-12-3;/h4-6,9H,8H2,1-2H3;/q-1;. The van der Waals surface area contributed by atoms with Gasteiger partial charge in [-0.2, -0.15) is 29.8 Å². The number of hydrogen-bond donors (Lipinski definition) is 0. The van der Waals surface area contributed by atoms with Gasteiger partial charge in [0.2, 0.25) is 0 Å². The van der Waals surface area contributed by atoms with Crippen molar-refractivity contribution in [3.63, 3.8) is 0 Å². The van der Waals surface area contributed by atoms with Gasteiger partial charge < -0.3 is 4.85 Å². The Morgan fingerprint density at radius 1 is 1.46 bits per heavy atom. The molecule has 0 bridgehead atoms. The molecule has 1 rings (SSSR count). The molecule has 0 amide bonds. The van der Waals surface area contributed by atoms with E-state index in [4.69, 9.17) is 6.57 Å². The predicted octanol–water partition coefficient (Wildman–Crippen LogP) is 3.03. The maximum atomic E-state index is 6.69. The van der Waals surface area contributed by atoms with Gasteiger partial charge in [0.25, 0.3) is 0 Å². The summed E-state index contributed by atoms with van der Waals surface area (Å²) in [5.41, 5.74) is 2.26. The van der Waals surface area contributed by atoms with Crippen LogP contribution in [0.15, 0.2) is 18.2 Å². The maximum absolute atomic E-state index is 6.69. The van der Waals surface area contributed by atoms with Crippen LogP contribution in [0.5, 0.6) is 0 Å². The topological polar surface area (TPSA) is 4.36 Å². The normalized spacial score (nSPS) is 9.08. The van der Waals surface area contributed by atoms with Gasteiger partial charge in [-0.3, -0.25) is 0 Å². The van der Waals surface area contributed by atoms with Crippen LogP contribution in [-0.4, -0.2) is 0 Å². The van der Waals surface area contributed by atoms with Crippen molar-refractivity contribution in [3.05, 3.63) is 46.8 Å². The van der Waals surface area contributed by atoms with Gasteiger partial charge in [-0.05, 0) is 5.92 Å². The van der Waals surface area contributed by atoms with Crippen molar-refractivity contribution in [2.45, 2.75) is 26.3 Å². The molecular weight excluding hydrogens is 235 g/mol. The Labute approximate surface area is 105 Å². The molecule has 0 heterocycles. The Kier molecular flexibility index (Phi) is 6.21. The summed E-state index contributed by atoms with van der Waals surface area (Å²) in [4.78, 5) is 3.31. The number of rotatable bonds is 2. The second kappa shape index (κ2) is 6.30. The van der Waals surface area contributed by atoms with Crippen LogP contribution in [0.25, 0.3) is 4.85 Å². The van der Waals surface area contributed by atoms with E-state index in [-0.39, 0.29) is 32.7 Å². The molecule has 0 unspecified atom stereocenters. The summed E-state index contributed by atoms with van der Waals surface area (Å²) in [6, 6.07) is 9.14. The molecule has 0 fully saturated rings.